The second-order valence-electron chi connectivity index (χ2n) is 9.89. The maximum Gasteiger partial charge on any atom is 0.405 e. The van der Waals surface area contributed by atoms with Gasteiger partial charge in [0.25, 0.3) is 0 Å². The van der Waals surface area contributed by atoms with Crippen molar-refractivity contribution in [3.05, 3.63) is 0 Å². The van der Waals surface area contributed by atoms with Crippen molar-refractivity contribution in [1.82, 2.24) is 10.2 Å². The maximum atomic E-state index is 13.6. The summed E-state index contributed by atoms with van der Waals surface area (Å²) in [4.78, 5) is 38.6. The molecule has 0 spiro atoms. The molecular formula is C19H27N3O5. The number of primary amides is 1. The van der Waals surface area contributed by atoms with Gasteiger partial charge in [0.2, 0.25) is 11.8 Å². The van der Waals surface area contributed by atoms with E-state index in [1.807, 2.05) is 0 Å². The van der Waals surface area contributed by atoms with Crippen LogP contribution in [-0.2, 0) is 9.59 Å². The Morgan fingerprint density at radius 1 is 1.07 bits per heavy atom. The molecule has 1 heterocycles. The van der Waals surface area contributed by atoms with Crippen LogP contribution in [0.5, 0.6) is 0 Å². The number of hydrogen-bond acceptors (Lipinski definition) is 4. The topological polar surface area (TPSA) is 133 Å². The molecule has 6 atom stereocenters. The van der Waals surface area contributed by atoms with Gasteiger partial charge in [0.1, 0.15) is 12.1 Å². The number of aliphatic hydroxyl groups is 1. The number of nitrogens with two attached hydrogens (primary N) is 1. The lowest BCUT2D eigenvalue weighted by molar-refractivity contribution is -0.180. The van der Waals surface area contributed by atoms with Crippen LogP contribution in [-0.4, -0.2) is 56.7 Å². The van der Waals surface area contributed by atoms with Crippen molar-refractivity contribution in [3.63, 3.8) is 0 Å². The van der Waals surface area contributed by atoms with Crippen LogP contribution in [0.15, 0.2) is 0 Å². The first-order valence-electron chi connectivity index (χ1n) is 10.0. The summed E-state index contributed by atoms with van der Waals surface area (Å²) in [7, 11) is 0. The van der Waals surface area contributed by atoms with Crippen LogP contribution in [0.3, 0.4) is 0 Å². The number of rotatable bonds is 4. The first-order chi connectivity index (χ1) is 12.7. The minimum atomic E-state index is -1.24. The molecule has 148 valence electrons. The highest BCUT2D eigenvalue weighted by molar-refractivity contribution is 5.92. The van der Waals surface area contributed by atoms with Gasteiger partial charge in [0.05, 0.1) is 5.60 Å². The van der Waals surface area contributed by atoms with Crippen LogP contribution in [0.2, 0.25) is 0 Å². The van der Waals surface area contributed by atoms with Crippen molar-refractivity contribution in [2.45, 2.75) is 75.1 Å². The van der Waals surface area contributed by atoms with Gasteiger partial charge in [0.15, 0.2) is 0 Å². The summed E-state index contributed by atoms with van der Waals surface area (Å²) in [5.74, 6) is 0.130. The molecule has 6 rings (SSSR count). The lowest BCUT2D eigenvalue weighted by Gasteiger charge is -2.62. The van der Waals surface area contributed by atoms with Gasteiger partial charge in [-0.15, -0.1) is 0 Å². The molecule has 27 heavy (non-hydrogen) atoms. The highest BCUT2D eigenvalue weighted by atomic mass is 16.4. The van der Waals surface area contributed by atoms with E-state index in [0.717, 1.165) is 38.5 Å². The highest BCUT2D eigenvalue weighted by Crippen LogP contribution is 2.63. The van der Waals surface area contributed by atoms with E-state index in [-0.39, 0.29) is 11.9 Å². The summed E-state index contributed by atoms with van der Waals surface area (Å²) < 4.78 is 0. The monoisotopic (exact) mass is 377 g/mol. The van der Waals surface area contributed by atoms with Crippen molar-refractivity contribution in [1.29, 1.82) is 0 Å². The summed E-state index contributed by atoms with van der Waals surface area (Å²) in [6.07, 6.45) is 4.71. The number of carbonyl (C=O) groups excluding carboxylic acids is 2. The zero-order chi connectivity index (χ0) is 19.1. The number of amides is 3. The van der Waals surface area contributed by atoms with Gasteiger partial charge in [-0.05, 0) is 69.1 Å². The predicted molar refractivity (Wildman–Crippen MR) is 93.4 cm³/mol. The molecule has 0 radical (unpaired) electrons. The highest BCUT2D eigenvalue weighted by Gasteiger charge is 2.64. The van der Waals surface area contributed by atoms with Gasteiger partial charge in [-0.3, -0.25) is 9.59 Å². The van der Waals surface area contributed by atoms with Crippen LogP contribution in [0.4, 0.5) is 4.79 Å². The van der Waals surface area contributed by atoms with Crippen molar-refractivity contribution in [2.75, 3.05) is 0 Å². The van der Waals surface area contributed by atoms with E-state index in [2.05, 4.69) is 5.32 Å². The summed E-state index contributed by atoms with van der Waals surface area (Å²) in [5, 5.41) is 23.0. The molecule has 6 fully saturated rings. The predicted octanol–water partition coefficient (Wildman–Crippen LogP) is 0.429. The molecule has 1 saturated heterocycles. The summed E-state index contributed by atoms with van der Waals surface area (Å²) in [5.41, 5.74) is 4.17. The maximum absolute atomic E-state index is 13.6. The molecule has 8 heteroatoms. The number of carboxylic acid groups (broad SMARTS) is 1. The third kappa shape index (κ3) is 2.56. The molecule has 5 aliphatic carbocycles. The molecule has 0 aromatic heterocycles. The first-order valence-corrected chi connectivity index (χ1v) is 10.0. The third-order valence-electron chi connectivity index (χ3n) is 7.89. The number of nitrogens with zero attached hydrogens (tertiary/aromatic N) is 1. The number of hydrogen-bond donors (Lipinski definition) is 4. The molecule has 6 aliphatic rings. The molecule has 5 saturated carbocycles. The molecular weight excluding hydrogens is 350 g/mol. The Hall–Kier alpha value is -1.83. The van der Waals surface area contributed by atoms with Crippen molar-refractivity contribution >= 4 is 17.9 Å². The van der Waals surface area contributed by atoms with Crippen LogP contribution >= 0.6 is 0 Å². The fraction of sp³-hybridized carbons (Fsp3) is 0.842. The van der Waals surface area contributed by atoms with Crippen molar-refractivity contribution in [3.8, 4) is 0 Å². The normalized spacial score (nSPS) is 47.4. The van der Waals surface area contributed by atoms with Gasteiger partial charge in [-0.1, -0.05) is 0 Å². The first kappa shape index (κ1) is 17.3. The third-order valence-corrected chi connectivity index (χ3v) is 7.89. The van der Waals surface area contributed by atoms with E-state index in [0.29, 0.717) is 30.6 Å². The number of nitrogens with one attached hydrogen (secondary N) is 1. The molecule has 0 aromatic rings. The van der Waals surface area contributed by atoms with E-state index in [1.54, 1.807) is 4.90 Å². The zero-order valence-corrected chi connectivity index (χ0v) is 15.3. The minimum Gasteiger partial charge on any atom is -0.465 e. The van der Waals surface area contributed by atoms with Gasteiger partial charge in [0, 0.05) is 11.5 Å². The molecule has 3 unspecified atom stereocenters. The zero-order valence-electron chi connectivity index (χ0n) is 15.3. The van der Waals surface area contributed by atoms with Crippen molar-refractivity contribution < 1.29 is 24.6 Å². The molecule has 4 bridgehead atoms. The van der Waals surface area contributed by atoms with E-state index in [9.17, 15) is 24.6 Å². The second kappa shape index (κ2) is 5.37. The van der Waals surface area contributed by atoms with E-state index in [4.69, 9.17) is 5.73 Å². The number of fused-ring (bicyclic) bond motifs is 1. The van der Waals surface area contributed by atoms with Crippen LogP contribution < -0.4 is 11.1 Å². The fourth-order valence-electron chi connectivity index (χ4n) is 7.40. The summed E-state index contributed by atoms with van der Waals surface area (Å²) in [6, 6.07) is -1.56. The Balaban J connectivity index is 1.49. The van der Waals surface area contributed by atoms with Crippen LogP contribution in [0.25, 0.3) is 0 Å². The SMILES string of the molecule is NC(=O)[C@@H]1C[C@@H]2C[C@@H]2N1C(=O)C(NC(=O)O)C12CC3CC(CC(O)(C3)C1)C2. The Morgan fingerprint density at radius 2 is 1.74 bits per heavy atom. The standard InChI is InChI=1S/C19H27N3O5/c20-15(23)13-3-11-2-12(11)22(13)16(24)14(21-17(25)26)18-4-9-1-10(5-18)7-19(27,6-9)8-18/h9-14,21,27H,1-8H2,(H2,20,23)(H,25,26)/t9?,10?,11-,12-,13-,14?,18?,19?/m0/s1. The average Bonchev–Trinajstić information content (AvgIpc) is 3.19. The van der Waals surface area contributed by atoms with Crippen LogP contribution in [0, 0.1) is 23.2 Å². The van der Waals surface area contributed by atoms with Gasteiger partial charge < -0.3 is 26.2 Å². The summed E-state index contributed by atoms with van der Waals surface area (Å²) >= 11 is 0. The molecule has 1 aliphatic heterocycles. The van der Waals surface area contributed by atoms with E-state index in [1.165, 1.54) is 0 Å². The lowest BCUT2D eigenvalue weighted by Crippen LogP contribution is -2.67. The van der Waals surface area contributed by atoms with Gasteiger partial charge in [-0.2, -0.15) is 0 Å². The lowest BCUT2D eigenvalue weighted by atomic mass is 9.46. The molecule has 5 N–H and O–H groups in total. The van der Waals surface area contributed by atoms with Gasteiger partial charge >= 0.3 is 6.09 Å². The fourth-order valence-corrected chi connectivity index (χ4v) is 7.40. The number of likely N-dealkylation sites (tertiary alicyclic amines) is 1. The Morgan fingerprint density at radius 3 is 2.30 bits per heavy atom. The largest absolute Gasteiger partial charge is 0.465 e. The molecule has 8 nitrogen and oxygen atoms in total. The van der Waals surface area contributed by atoms with E-state index < -0.39 is 35.1 Å². The average molecular weight is 377 g/mol. The second-order valence-corrected chi connectivity index (χ2v) is 9.89. The minimum absolute atomic E-state index is 0.00472. The van der Waals surface area contributed by atoms with Gasteiger partial charge in [-0.25, -0.2) is 4.79 Å². The quantitative estimate of drug-likeness (QED) is 0.564. The van der Waals surface area contributed by atoms with Crippen LogP contribution in [0.1, 0.15) is 51.4 Å². The summed E-state index contributed by atoms with van der Waals surface area (Å²) in [6.45, 7) is 0. The van der Waals surface area contributed by atoms with E-state index >= 15 is 0 Å². The van der Waals surface area contributed by atoms with Crippen molar-refractivity contribution in [2.24, 2.45) is 28.9 Å². The Labute approximate surface area is 157 Å². The Bertz CT molecular complexity index is 710. The molecule has 0 aromatic carbocycles. The molecule has 3 amide bonds. The smallest absolute Gasteiger partial charge is 0.405 e. The Kier molecular flexibility index (Phi) is 3.44. The number of piperidine rings is 1. The number of carbonyl (C=O) groups is 3.